The molecule has 1 aliphatic rings. The van der Waals surface area contributed by atoms with Crippen molar-refractivity contribution in [3.05, 3.63) is 89.2 Å². The Kier molecular flexibility index (Phi) is 8.95. The lowest BCUT2D eigenvalue weighted by Crippen LogP contribution is -2.30. The first-order chi connectivity index (χ1) is 16.0. The number of allylic oxidation sites excluding steroid dienone is 3. The highest BCUT2D eigenvalue weighted by atomic mass is 19.4. The molecule has 1 heterocycles. The average Bonchev–Trinajstić information content (AvgIpc) is 2.77. The number of hydrogen-bond acceptors (Lipinski definition) is 2. The summed E-state index contributed by atoms with van der Waals surface area (Å²) in [6.45, 7) is 6.76. The molecule has 0 fully saturated rings. The van der Waals surface area contributed by atoms with Gasteiger partial charge in [-0.25, -0.2) is 17.6 Å². The molecule has 2 nitrogen and oxygen atoms in total. The number of ether oxygens (including phenoxy) is 1. The highest BCUT2D eigenvalue weighted by Crippen LogP contribution is 2.42. The van der Waals surface area contributed by atoms with Crippen LogP contribution >= 0.6 is 0 Å². The van der Waals surface area contributed by atoms with Gasteiger partial charge in [-0.05, 0) is 24.1 Å². The average molecular weight is 487 g/mol. The molecule has 0 saturated carbocycles. The number of alkyl halides is 5. The summed E-state index contributed by atoms with van der Waals surface area (Å²) in [7, 11) is 0. The van der Waals surface area contributed by atoms with Crippen LogP contribution < -0.4 is 4.74 Å². The van der Waals surface area contributed by atoms with Crippen LogP contribution in [-0.4, -0.2) is 30.7 Å². The van der Waals surface area contributed by atoms with Crippen molar-refractivity contribution in [1.82, 2.24) is 4.90 Å². The maximum atomic E-state index is 15.0. The summed E-state index contributed by atoms with van der Waals surface area (Å²) in [5.74, 6) is -3.19. The molecule has 0 aliphatic carbocycles. The van der Waals surface area contributed by atoms with Gasteiger partial charge in [0.05, 0.1) is 17.8 Å². The van der Waals surface area contributed by atoms with Gasteiger partial charge in [0, 0.05) is 23.4 Å². The Morgan fingerprint density at radius 1 is 1.00 bits per heavy atom. The first-order valence-electron chi connectivity index (χ1n) is 10.4. The molecule has 0 radical (unpaired) electrons. The number of hydrogen-bond donors (Lipinski definition) is 0. The van der Waals surface area contributed by atoms with E-state index >= 15 is 8.78 Å². The summed E-state index contributed by atoms with van der Waals surface area (Å²) < 4.78 is 98.4. The predicted molar refractivity (Wildman–Crippen MR) is 118 cm³/mol. The van der Waals surface area contributed by atoms with E-state index in [9.17, 15) is 22.0 Å². The van der Waals surface area contributed by atoms with Crippen LogP contribution in [0.4, 0.5) is 30.7 Å². The highest BCUT2D eigenvalue weighted by molar-refractivity contribution is 5.98. The molecule has 0 atom stereocenters. The second kappa shape index (κ2) is 11.3. The molecule has 1 aliphatic heterocycles. The van der Waals surface area contributed by atoms with Crippen molar-refractivity contribution in [3.8, 4) is 5.75 Å². The predicted octanol–water partition coefficient (Wildman–Crippen LogP) is 7.84. The number of rotatable bonds is 6. The third-order valence-electron chi connectivity index (χ3n) is 4.73. The van der Waals surface area contributed by atoms with Crippen LogP contribution in [0.3, 0.4) is 0 Å². The van der Waals surface area contributed by atoms with Crippen molar-refractivity contribution >= 4 is 11.3 Å². The first kappa shape index (κ1) is 27.0. The molecule has 0 saturated heterocycles. The van der Waals surface area contributed by atoms with E-state index in [4.69, 9.17) is 0 Å². The Balaban J connectivity index is 0.00000199. The van der Waals surface area contributed by atoms with Crippen molar-refractivity contribution in [3.63, 3.8) is 0 Å². The Labute approximate surface area is 193 Å². The quantitative estimate of drug-likeness (QED) is 0.385. The van der Waals surface area contributed by atoms with Gasteiger partial charge in [0.15, 0.2) is 6.61 Å². The van der Waals surface area contributed by atoms with E-state index in [1.54, 1.807) is 43.3 Å². The summed E-state index contributed by atoms with van der Waals surface area (Å²) in [6.07, 6.45) is -5.99. The minimum Gasteiger partial charge on any atom is -0.484 e. The minimum atomic E-state index is -4.70. The van der Waals surface area contributed by atoms with Crippen molar-refractivity contribution in [2.75, 3.05) is 13.2 Å². The summed E-state index contributed by atoms with van der Waals surface area (Å²) in [6, 6.07) is 9.53. The van der Waals surface area contributed by atoms with Gasteiger partial charge >= 0.3 is 6.18 Å². The van der Waals surface area contributed by atoms with Gasteiger partial charge in [-0.15, -0.1) is 0 Å². The third kappa shape index (κ3) is 6.42. The number of benzene rings is 2. The van der Waals surface area contributed by atoms with Gasteiger partial charge in [-0.3, -0.25) is 0 Å². The maximum Gasteiger partial charge on any atom is 0.422 e. The van der Waals surface area contributed by atoms with E-state index in [2.05, 4.69) is 11.3 Å². The fourth-order valence-electron chi connectivity index (χ4n) is 3.33. The Hall–Kier alpha value is -3.23. The van der Waals surface area contributed by atoms with Gasteiger partial charge in [-0.2, -0.15) is 13.2 Å². The molecule has 2 aromatic rings. The van der Waals surface area contributed by atoms with E-state index in [-0.39, 0.29) is 17.0 Å². The molecular weight excluding hydrogens is 463 g/mol. The zero-order chi connectivity index (χ0) is 25.6. The van der Waals surface area contributed by atoms with Gasteiger partial charge in [-0.1, -0.05) is 50.8 Å². The van der Waals surface area contributed by atoms with Gasteiger partial charge in [0.2, 0.25) is 0 Å². The molecule has 0 unspecified atom stereocenters. The number of halogens is 7. The third-order valence-corrected chi connectivity index (χ3v) is 4.73. The fourth-order valence-corrected chi connectivity index (χ4v) is 3.33. The van der Waals surface area contributed by atoms with Crippen LogP contribution in [0.15, 0.2) is 66.4 Å². The van der Waals surface area contributed by atoms with E-state index in [1.807, 2.05) is 13.8 Å². The summed E-state index contributed by atoms with van der Waals surface area (Å²) in [4.78, 5) is 1.01. The normalized spacial score (nSPS) is 14.1. The summed E-state index contributed by atoms with van der Waals surface area (Å²) in [5.41, 5.74) is 0.524. The lowest BCUT2D eigenvalue weighted by molar-refractivity contribution is -0.153. The van der Waals surface area contributed by atoms with Crippen LogP contribution in [0.1, 0.15) is 31.9 Å². The summed E-state index contributed by atoms with van der Waals surface area (Å²) in [5, 5.41) is 0. The molecule has 2 aromatic carbocycles. The van der Waals surface area contributed by atoms with E-state index in [0.29, 0.717) is 23.3 Å². The largest absolute Gasteiger partial charge is 0.484 e. The van der Waals surface area contributed by atoms with Crippen molar-refractivity contribution in [2.24, 2.45) is 0 Å². The lowest BCUT2D eigenvalue weighted by atomic mass is 9.91. The summed E-state index contributed by atoms with van der Waals surface area (Å²) >= 11 is 0. The Morgan fingerprint density at radius 3 is 2.06 bits per heavy atom. The van der Waals surface area contributed by atoms with Gasteiger partial charge < -0.3 is 9.64 Å². The molecule has 0 aromatic heterocycles. The molecule has 34 heavy (non-hydrogen) atoms. The van der Waals surface area contributed by atoms with Gasteiger partial charge in [0.1, 0.15) is 17.4 Å². The molecule has 184 valence electrons. The Morgan fingerprint density at radius 2 is 1.56 bits per heavy atom. The lowest BCUT2D eigenvalue weighted by Gasteiger charge is -2.35. The molecule has 0 bridgehead atoms. The second-order valence-corrected chi connectivity index (χ2v) is 7.07. The van der Waals surface area contributed by atoms with Crippen molar-refractivity contribution in [1.29, 1.82) is 0 Å². The smallest absolute Gasteiger partial charge is 0.422 e. The van der Waals surface area contributed by atoms with E-state index in [0.717, 1.165) is 4.90 Å². The molecule has 0 amide bonds. The molecular formula is C25H24F7NO. The molecule has 0 N–H and O–H groups in total. The zero-order valence-corrected chi connectivity index (χ0v) is 18.8. The zero-order valence-electron chi connectivity index (χ0n) is 18.8. The van der Waals surface area contributed by atoms with Crippen LogP contribution in [0.5, 0.6) is 5.75 Å². The van der Waals surface area contributed by atoms with E-state index < -0.39 is 48.7 Å². The van der Waals surface area contributed by atoms with Gasteiger partial charge in [0.25, 0.3) is 6.43 Å². The second-order valence-electron chi connectivity index (χ2n) is 7.07. The molecule has 9 heteroatoms. The molecule has 0 spiro atoms. The first-order valence-corrected chi connectivity index (χ1v) is 10.4. The van der Waals surface area contributed by atoms with Crippen molar-refractivity contribution in [2.45, 2.75) is 33.4 Å². The van der Waals surface area contributed by atoms with Crippen molar-refractivity contribution < 1.29 is 35.5 Å². The fraction of sp³-hybridized carbons (Fsp3) is 0.280. The highest BCUT2D eigenvalue weighted by Gasteiger charge is 2.32. The minimum absolute atomic E-state index is 0.121. The topological polar surface area (TPSA) is 12.5 Å². The monoisotopic (exact) mass is 487 g/mol. The maximum absolute atomic E-state index is 15.0. The standard InChI is InChI=1S/C23H18F7NO.C2H6/c1-13-8-17(15-6-4-3-5-7-15)22(31(14(13)2)11-20(26)27)21-18(24)9-16(10-19(21)25)32-12-23(28,29)30;1-2/h3-10,20H,2,11-12H2,1H3;1-2H3. The van der Waals surface area contributed by atoms with Crippen LogP contribution in [0.25, 0.3) is 11.3 Å². The van der Waals surface area contributed by atoms with Crippen LogP contribution in [0.2, 0.25) is 0 Å². The molecule has 3 rings (SSSR count). The van der Waals surface area contributed by atoms with Crippen LogP contribution in [0, 0.1) is 11.6 Å². The number of nitrogens with zero attached hydrogens (tertiary/aromatic N) is 1. The Bertz CT molecular complexity index is 1050. The van der Waals surface area contributed by atoms with Crippen LogP contribution in [-0.2, 0) is 0 Å². The SMILES string of the molecule is C=C1C(C)=CC(c2ccccc2)=C(c2c(F)cc(OCC(F)(F)F)cc2F)N1CC(F)F.CC. The van der Waals surface area contributed by atoms with E-state index in [1.165, 1.54) is 0 Å².